The molecule has 1 aromatic carbocycles. The summed E-state index contributed by atoms with van der Waals surface area (Å²) in [5.74, 6) is -0.510. The van der Waals surface area contributed by atoms with Crippen molar-refractivity contribution in [2.45, 2.75) is 39.2 Å². The predicted octanol–water partition coefficient (Wildman–Crippen LogP) is 3.35. The summed E-state index contributed by atoms with van der Waals surface area (Å²) in [5.41, 5.74) is 6.78. The lowest BCUT2D eigenvalue weighted by molar-refractivity contribution is -0.125. The van der Waals surface area contributed by atoms with E-state index >= 15 is 0 Å². The second kappa shape index (κ2) is 5.21. The van der Waals surface area contributed by atoms with E-state index in [1.54, 1.807) is 6.07 Å². The Labute approximate surface area is 120 Å². The van der Waals surface area contributed by atoms with E-state index in [1.165, 1.54) is 6.07 Å². The molecule has 1 aliphatic rings. The zero-order valence-corrected chi connectivity index (χ0v) is 12.7. The Kier molecular flexibility index (Phi) is 3.97. The second-order valence-corrected chi connectivity index (χ2v) is 6.31. The molecule has 19 heavy (non-hydrogen) atoms. The maximum Gasteiger partial charge on any atom is 0.231 e. The molecular weight excluding hydrogens is 311 g/mol. The second-order valence-electron chi connectivity index (χ2n) is 5.45. The Morgan fingerprint density at radius 2 is 2.26 bits per heavy atom. The van der Waals surface area contributed by atoms with E-state index in [1.807, 2.05) is 13.8 Å². The van der Waals surface area contributed by atoms with Crippen molar-refractivity contribution in [2.24, 2.45) is 11.1 Å². The number of hydrogen-bond donors (Lipinski definition) is 2. The van der Waals surface area contributed by atoms with Crippen LogP contribution in [0.3, 0.4) is 0 Å². The van der Waals surface area contributed by atoms with Crippen LogP contribution in [0.4, 0.5) is 10.1 Å². The summed E-state index contributed by atoms with van der Waals surface area (Å²) >= 11 is 3.13. The van der Waals surface area contributed by atoms with Crippen molar-refractivity contribution in [1.82, 2.24) is 0 Å². The van der Waals surface area contributed by atoms with Crippen molar-refractivity contribution in [1.29, 1.82) is 0 Å². The van der Waals surface area contributed by atoms with Gasteiger partial charge in [0.1, 0.15) is 5.82 Å². The number of hydrogen-bond acceptors (Lipinski definition) is 2. The topological polar surface area (TPSA) is 55.1 Å². The third kappa shape index (κ3) is 2.67. The van der Waals surface area contributed by atoms with Crippen LogP contribution in [0.1, 0.15) is 31.7 Å². The van der Waals surface area contributed by atoms with E-state index in [9.17, 15) is 9.18 Å². The Morgan fingerprint density at radius 1 is 1.58 bits per heavy atom. The van der Waals surface area contributed by atoms with E-state index in [0.29, 0.717) is 10.2 Å². The fourth-order valence-electron chi connectivity index (χ4n) is 2.52. The van der Waals surface area contributed by atoms with Crippen molar-refractivity contribution in [3.8, 4) is 0 Å². The monoisotopic (exact) mass is 328 g/mol. The van der Waals surface area contributed by atoms with Gasteiger partial charge < -0.3 is 11.1 Å². The molecule has 2 atom stereocenters. The SMILES string of the molecule is Cc1cc(Br)c(F)cc1NC(=O)C1(C)CCCC1N. The Morgan fingerprint density at radius 3 is 2.84 bits per heavy atom. The molecule has 1 aliphatic carbocycles. The number of nitrogens with one attached hydrogen (secondary N) is 1. The van der Waals surface area contributed by atoms with Crippen molar-refractivity contribution < 1.29 is 9.18 Å². The van der Waals surface area contributed by atoms with Crippen molar-refractivity contribution in [3.05, 3.63) is 28.0 Å². The van der Waals surface area contributed by atoms with E-state index in [4.69, 9.17) is 5.73 Å². The third-order valence-electron chi connectivity index (χ3n) is 4.06. The quantitative estimate of drug-likeness (QED) is 0.874. The predicted molar refractivity (Wildman–Crippen MR) is 77.4 cm³/mol. The zero-order valence-electron chi connectivity index (χ0n) is 11.1. The summed E-state index contributed by atoms with van der Waals surface area (Å²) in [5, 5.41) is 2.81. The molecule has 0 spiro atoms. The molecule has 0 bridgehead atoms. The van der Waals surface area contributed by atoms with Gasteiger partial charge in [-0.25, -0.2) is 4.39 Å². The van der Waals surface area contributed by atoms with Crippen LogP contribution >= 0.6 is 15.9 Å². The molecule has 5 heteroatoms. The fraction of sp³-hybridized carbons (Fsp3) is 0.500. The maximum atomic E-state index is 13.5. The molecule has 104 valence electrons. The van der Waals surface area contributed by atoms with E-state index in [2.05, 4.69) is 21.2 Å². The molecule has 0 heterocycles. The first-order chi connectivity index (χ1) is 8.84. The highest BCUT2D eigenvalue weighted by Crippen LogP contribution is 2.38. The average Bonchev–Trinajstić information content (AvgIpc) is 2.68. The third-order valence-corrected chi connectivity index (χ3v) is 4.67. The molecule has 3 nitrogen and oxygen atoms in total. The summed E-state index contributed by atoms with van der Waals surface area (Å²) in [6.07, 6.45) is 2.59. The van der Waals surface area contributed by atoms with Crippen LogP contribution in [0, 0.1) is 18.2 Å². The minimum Gasteiger partial charge on any atom is -0.327 e. The fourth-order valence-corrected chi connectivity index (χ4v) is 2.98. The highest BCUT2D eigenvalue weighted by atomic mass is 79.9. The molecule has 2 unspecified atom stereocenters. The zero-order chi connectivity index (χ0) is 14.2. The summed E-state index contributed by atoms with van der Waals surface area (Å²) in [7, 11) is 0. The first-order valence-corrected chi connectivity index (χ1v) is 7.16. The highest BCUT2D eigenvalue weighted by molar-refractivity contribution is 9.10. The van der Waals surface area contributed by atoms with Crippen molar-refractivity contribution in [3.63, 3.8) is 0 Å². The van der Waals surface area contributed by atoms with Crippen molar-refractivity contribution in [2.75, 3.05) is 5.32 Å². The molecule has 1 aromatic rings. The standard InChI is InChI=1S/C14H18BrFN2O/c1-8-6-9(15)10(16)7-11(8)18-13(19)14(2)5-3-4-12(14)17/h6-7,12H,3-5,17H2,1-2H3,(H,18,19). The van der Waals surface area contributed by atoms with Gasteiger partial charge in [0.05, 0.1) is 9.89 Å². The van der Waals surface area contributed by atoms with E-state index in [-0.39, 0.29) is 17.8 Å². The maximum absolute atomic E-state index is 13.5. The number of rotatable bonds is 2. The number of nitrogens with two attached hydrogens (primary N) is 1. The number of carbonyl (C=O) groups excluding carboxylic acids is 1. The number of anilines is 1. The number of benzene rings is 1. The first-order valence-electron chi connectivity index (χ1n) is 6.37. The average molecular weight is 329 g/mol. The Bertz CT molecular complexity index is 520. The lowest BCUT2D eigenvalue weighted by atomic mass is 9.84. The van der Waals surface area contributed by atoms with Crippen LogP contribution in [0.5, 0.6) is 0 Å². The van der Waals surface area contributed by atoms with Gasteiger partial charge >= 0.3 is 0 Å². The summed E-state index contributed by atoms with van der Waals surface area (Å²) in [4.78, 5) is 12.4. The van der Waals surface area contributed by atoms with Gasteiger partial charge in [-0.1, -0.05) is 6.42 Å². The smallest absolute Gasteiger partial charge is 0.231 e. The van der Waals surface area contributed by atoms with Gasteiger partial charge in [-0.15, -0.1) is 0 Å². The lowest BCUT2D eigenvalue weighted by Gasteiger charge is -2.27. The van der Waals surface area contributed by atoms with Crippen LogP contribution in [0.15, 0.2) is 16.6 Å². The van der Waals surface area contributed by atoms with Crippen LogP contribution in [0.25, 0.3) is 0 Å². The van der Waals surface area contributed by atoms with Gasteiger partial charge in [0.2, 0.25) is 5.91 Å². The molecule has 1 saturated carbocycles. The molecule has 1 amide bonds. The minimum absolute atomic E-state index is 0.123. The largest absolute Gasteiger partial charge is 0.327 e. The Balaban J connectivity index is 2.22. The van der Waals surface area contributed by atoms with Gasteiger partial charge in [-0.2, -0.15) is 0 Å². The van der Waals surface area contributed by atoms with Gasteiger partial charge in [-0.05, 0) is 60.3 Å². The number of aryl methyl sites for hydroxylation is 1. The van der Waals surface area contributed by atoms with Gasteiger partial charge in [0.25, 0.3) is 0 Å². The number of carbonyl (C=O) groups is 1. The van der Waals surface area contributed by atoms with Gasteiger partial charge in [0, 0.05) is 11.7 Å². The van der Waals surface area contributed by atoms with E-state index in [0.717, 1.165) is 24.8 Å². The molecule has 2 rings (SSSR count). The van der Waals surface area contributed by atoms with Crippen molar-refractivity contribution >= 4 is 27.5 Å². The molecule has 0 saturated heterocycles. The van der Waals surface area contributed by atoms with E-state index < -0.39 is 5.41 Å². The van der Waals surface area contributed by atoms with Crippen LogP contribution in [0.2, 0.25) is 0 Å². The van der Waals surface area contributed by atoms with Crippen LogP contribution in [-0.4, -0.2) is 11.9 Å². The Hall–Kier alpha value is -0.940. The number of halogens is 2. The van der Waals surface area contributed by atoms with Gasteiger partial charge in [0.15, 0.2) is 0 Å². The minimum atomic E-state index is -0.560. The lowest BCUT2D eigenvalue weighted by Crippen LogP contribution is -2.44. The van der Waals surface area contributed by atoms with Crippen LogP contribution < -0.4 is 11.1 Å². The normalized spacial score (nSPS) is 26.5. The van der Waals surface area contributed by atoms with Crippen LogP contribution in [-0.2, 0) is 4.79 Å². The molecule has 1 fully saturated rings. The molecule has 0 radical (unpaired) electrons. The molecular formula is C14H18BrFN2O. The highest BCUT2D eigenvalue weighted by Gasteiger charge is 2.43. The van der Waals surface area contributed by atoms with Gasteiger partial charge in [-0.3, -0.25) is 4.79 Å². The molecule has 0 aromatic heterocycles. The summed E-state index contributed by atoms with van der Waals surface area (Å²) < 4.78 is 13.9. The molecule has 0 aliphatic heterocycles. The number of amides is 1. The first kappa shape index (κ1) is 14.5. The summed E-state index contributed by atoms with van der Waals surface area (Å²) in [6, 6.07) is 2.86. The molecule has 3 N–H and O–H groups in total. The summed E-state index contributed by atoms with van der Waals surface area (Å²) in [6.45, 7) is 3.71.